The van der Waals surface area contributed by atoms with Crippen molar-refractivity contribution < 1.29 is 50.4 Å². The number of nitrogens with zero attached hydrogens (tertiary/aromatic N) is 5. The molecule has 0 unspecified atom stereocenters. The van der Waals surface area contributed by atoms with Gasteiger partial charge in [-0.25, -0.2) is 0 Å². The third kappa shape index (κ3) is 23.4. The number of aliphatic hydroxyl groups is 2. The van der Waals surface area contributed by atoms with Crippen LogP contribution in [-0.2, 0) is 40.2 Å². The number of pyridine rings is 5. The summed E-state index contributed by atoms with van der Waals surface area (Å²) in [6.07, 6.45) is 9.55. The van der Waals surface area contributed by atoms with Crippen LogP contribution in [-0.4, -0.2) is 49.4 Å². The van der Waals surface area contributed by atoms with Crippen LogP contribution < -0.4 is 0 Å². The zero-order valence-electron chi connectivity index (χ0n) is 50.6. The molecule has 443 valence electrons. The van der Waals surface area contributed by atoms with Gasteiger partial charge in [-0.1, -0.05) is 175 Å². The Bertz CT molecular complexity index is 3250. The van der Waals surface area contributed by atoms with Crippen LogP contribution in [0.5, 0.6) is 0 Å². The van der Waals surface area contributed by atoms with Gasteiger partial charge < -0.3 is 30.1 Å². The molecule has 5 heterocycles. The van der Waals surface area contributed by atoms with Crippen molar-refractivity contribution in [3.63, 3.8) is 0 Å². The van der Waals surface area contributed by atoms with Crippen molar-refractivity contribution in [2.45, 2.75) is 59.3 Å². The van der Waals surface area contributed by atoms with Gasteiger partial charge in [-0.15, -0.1) is 144 Å². The maximum Gasteiger partial charge on any atom is 3.00 e. The van der Waals surface area contributed by atoms with E-state index in [-0.39, 0.29) is 40.2 Å². The summed E-state index contributed by atoms with van der Waals surface area (Å²) in [5.41, 5.74) is 18.9. The monoisotopic (exact) mass is 1500 g/mol. The molecule has 0 spiro atoms. The molecule has 12 aromatic rings. The third-order valence-electron chi connectivity index (χ3n) is 13.1. The minimum Gasteiger partial charge on any atom is -0.400 e. The molecule has 0 saturated carbocycles. The number of rotatable bonds is 10. The van der Waals surface area contributed by atoms with Crippen molar-refractivity contribution in [3.05, 3.63) is 321 Å². The summed E-state index contributed by atoms with van der Waals surface area (Å²) < 4.78 is 0. The minimum atomic E-state index is 0. The molecule has 7 nitrogen and oxygen atoms in total. The normalized spacial score (nSPS) is 9.85. The van der Waals surface area contributed by atoms with Crippen LogP contribution in [0.4, 0.5) is 0 Å². The van der Waals surface area contributed by atoms with E-state index in [0.29, 0.717) is 17.8 Å². The summed E-state index contributed by atoms with van der Waals surface area (Å²) in [6, 6.07) is 96.1. The second-order valence-corrected chi connectivity index (χ2v) is 20.0. The Labute approximate surface area is 544 Å². The largest absolute Gasteiger partial charge is 3.00 e. The first kappa shape index (κ1) is 71.0. The second-order valence-electron chi connectivity index (χ2n) is 20.0. The van der Waals surface area contributed by atoms with E-state index >= 15 is 0 Å². The van der Waals surface area contributed by atoms with E-state index in [9.17, 15) is 0 Å². The van der Waals surface area contributed by atoms with E-state index in [0.717, 1.165) is 70.5 Å². The molecule has 12 rings (SSSR count). The fourth-order valence-corrected chi connectivity index (χ4v) is 8.32. The molecule has 0 aliphatic rings. The molecular formula is C78H75Ir2N5O2-. The van der Waals surface area contributed by atoms with E-state index in [1.165, 1.54) is 38.9 Å². The third-order valence-corrected chi connectivity index (χ3v) is 13.1. The van der Waals surface area contributed by atoms with E-state index in [1.54, 1.807) is 0 Å². The maximum absolute atomic E-state index is 7.00. The molecule has 9 heteroatoms. The van der Waals surface area contributed by atoms with Crippen molar-refractivity contribution >= 4 is 0 Å². The molecule has 0 aliphatic heterocycles. The first-order valence-electron chi connectivity index (χ1n) is 28.4. The number of benzene rings is 7. The molecule has 87 heavy (non-hydrogen) atoms. The number of aliphatic hydroxyl groups excluding tert-OH is 2. The van der Waals surface area contributed by atoms with E-state index in [2.05, 4.69) is 188 Å². The van der Waals surface area contributed by atoms with E-state index < -0.39 is 0 Å². The molecule has 7 aromatic carbocycles. The number of hydrogen-bond donors (Lipinski definition) is 2. The molecule has 0 saturated heterocycles. The van der Waals surface area contributed by atoms with Crippen molar-refractivity contribution in [2.75, 3.05) is 14.2 Å². The van der Waals surface area contributed by atoms with Crippen LogP contribution >= 0.6 is 0 Å². The Kier molecular flexibility index (Phi) is 32.6. The Morgan fingerprint density at radius 3 is 0.828 bits per heavy atom. The summed E-state index contributed by atoms with van der Waals surface area (Å²) in [7, 11) is 2.00. The van der Waals surface area contributed by atoms with Crippen molar-refractivity contribution in [1.29, 1.82) is 0 Å². The fourth-order valence-electron chi connectivity index (χ4n) is 8.32. The van der Waals surface area contributed by atoms with Crippen LogP contribution in [0.1, 0.15) is 76.0 Å². The van der Waals surface area contributed by atoms with Crippen molar-refractivity contribution in [3.8, 4) is 78.5 Å². The number of aromatic nitrogens is 5. The number of hydrogen-bond acceptors (Lipinski definition) is 7. The van der Waals surface area contributed by atoms with Gasteiger partial charge in [0, 0.05) is 70.9 Å². The van der Waals surface area contributed by atoms with Gasteiger partial charge in [0.2, 0.25) is 0 Å². The van der Waals surface area contributed by atoms with Gasteiger partial charge in [0.15, 0.2) is 0 Å². The van der Waals surface area contributed by atoms with Gasteiger partial charge in [-0.2, -0.15) is 0 Å². The fraction of sp³-hybridized carbons (Fsp3) is 0.141. The molecular weight excluding hydrogens is 1420 g/mol. The molecule has 0 aliphatic carbocycles. The topological polar surface area (TPSA) is 105 Å². The standard InChI is InChI=1S/C17H13N.C17H12N.3C14H14N.2CH4O.2Ir/c2*1-3-7-14(8-4-1)16-11-12-18-17(13-16)15-9-5-2-6-10-15;3*1-11(2)13-8-9-14(15-10-13)12-6-4-3-5-7-12;2*1-2;;/h1-13H;1-9,11-13H;3*3-6,8-11H,1-2H3;2*2H,1H3;;/q;4*-1;;;;+3. The van der Waals surface area contributed by atoms with Crippen LogP contribution in [0.3, 0.4) is 0 Å². The van der Waals surface area contributed by atoms with E-state index in [4.69, 9.17) is 10.2 Å². The average molecular weight is 1500 g/mol. The quantitative estimate of drug-likeness (QED) is 0.131. The van der Waals surface area contributed by atoms with Crippen molar-refractivity contribution in [2.24, 2.45) is 0 Å². The van der Waals surface area contributed by atoms with E-state index in [1.807, 2.05) is 183 Å². The van der Waals surface area contributed by atoms with Gasteiger partial charge in [0.1, 0.15) is 0 Å². The first-order valence-corrected chi connectivity index (χ1v) is 28.4. The van der Waals surface area contributed by atoms with Gasteiger partial charge in [0.25, 0.3) is 0 Å². The summed E-state index contributed by atoms with van der Waals surface area (Å²) in [5.74, 6) is 1.60. The molecule has 5 aromatic heterocycles. The Balaban J connectivity index is 0.000000229. The maximum atomic E-state index is 7.00. The predicted molar refractivity (Wildman–Crippen MR) is 353 cm³/mol. The van der Waals surface area contributed by atoms with Crippen LogP contribution in [0, 0.1) is 24.3 Å². The minimum absolute atomic E-state index is 0. The van der Waals surface area contributed by atoms with Gasteiger partial charge in [-0.3, -0.25) is 4.98 Å². The van der Waals surface area contributed by atoms with Crippen LogP contribution in [0.15, 0.2) is 280 Å². The molecule has 2 N–H and O–H groups in total. The smallest absolute Gasteiger partial charge is 0.400 e. The Morgan fingerprint density at radius 2 is 0.552 bits per heavy atom. The molecule has 0 amide bonds. The molecule has 1 radical (unpaired) electrons. The first-order chi connectivity index (χ1) is 41.7. The van der Waals surface area contributed by atoms with Gasteiger partial charge in [-0.05, 0) is 97.7 Å². The zero-order valence-corrected chi connectivity index (χ0v) is 55.4. The zero-order chi connectivity index (χ0) is 60.4. The average Bonchev–Trinajstić information content (AvgIpc) is 3.79. The van der Waals surface area contributed by atoms with Gasteiger partial charge in [0.05, 0.1) is 5.69 Å². The predicted octanol–water partition coefficient (Wildman–Crippen LogP) is 18.9. The Hall–Kier alpha value is -8.49. The Morgan fingerprint density at radius 1 is 0.276 bits per heavy atom. The molecule has 0 fully saturated rings. The van der Waals surface area contributed by atoms with Crippen LogP contribution in [0.2, 0.25) is 0 Å². The second kappa shape index (κ2) is 40.0. The summed E-state index contributed by atoms with van der Waals surface area (Å²) >= 11 is 0. The SMILES string of the molecule is CC(C)c1ccc(-c2[c-]cccc2)nc1.CC(C)c1ccc(-c2[c-]cccc2)nc1.CC(C)c1ccc(-c2[c-]cccc2)nc1.CO.CO.[Ir+3].[Ir].[c-]1ccccc1-c1cc(-c2ccccc2)ccn1.c1ccc(-c2ccnc(-c3ccccc3)c2)cc1. The summed E-state index contributed by atoms with van der Waals surface area (Å²) in [4.78, 5) is 22.2. The van der Waals surface area contributed by atoms with Crippen molar-refractivity contribution in [1.82, 2.24) is 24.9 Å². The summed E-state index contributed by atoms with van der Waals surface area (Å²) in [6.45, 7) is 13.0. The molecule has 0 bridgehead atoms. The summed E-state index contributed by atoms with van der Waals surface area (Å²) in [5, 5.41) is 14.0. The molecule has 0 atom stereocenters. The van der Waals surface area contributed by atoms with Gasteiger partial charge >= 0.3 is 20.1 Å². The van der Waals surface area contributed by atoms with Crippen LogP contribution in [0.25, 0.3) is 78.5 Å².